The van der Waals surface area contributed by atoms with E-state index in [9.17, 15) is 54.2 Å². The number of amides is 1. The van der Waals surface area contributed by atoms with E-state index in [1.807, 2.05) is 0 Å². The van der Waals surface area contributed by atoms with Gasteiger partial charge in [0, 0.05) is 18.8 Å². The van der Waals surface area contributed by atoms with Crippen molar-refractivity contribution in [2.24, 2.45) is 5.73 Å². The molecule has 2 heterocycles. The van der Waals surface area contributed by atoms with Gasteiger partial charge in [0.25, 0.3) is 0 Å². The van der Waals surface area contributed by atoms with E-state index >= 15 is 0 Å². The number of unbranched alkanes of at least 4 members (excludes halogenated alkanes) is 1. The molecule has 2 aromatic carbocycles. The summed E-state index contributed by atoms with van der Waals surface area (Å²) >= 11 is 0. The molecule has 1 amide bonds. The van der Waals surface area contributed by atoms with Gasteiger partial charge in [0.05, 0.1) is 40.9 Å². The minimum Gasteiger partial charge on any atom is -0.490 e. The van der Waals surface area contributed by atoms with Crippen LogP contribution in [0.3, 0.4) is 0 Å². The highest BCUT2D eigenvalue weighted by molar-refractivity contribution is 5.90. The summed E-state index contributed by atoms with van der Waals surface area (Å²) in [6.07, 6.45) is -16.6. The molecule has 4 rings (SSSR count). The first-order valence-electron chi connectivity index (χ1n) is 14.7. The molecule has 2 atom stereocenters. The van der Waals surface area contributed by atoms with Gasteiger partial charge in [-0.3, -0.25) is 9.69 Å². The van der Waals surface area contributed by atoms with Gasteiger partial charge in [0.15, 0.2) is 5.75 Å². The molecule has 0 bridgehead atoms. The van der Waals surface area contributed by atoms with Gasteiger partial charge < -0.3 is 20.7 Å². The lowest BCUT2D eigenvalue weighted by atomic mass is 9.80. The summed E-state index contributed by atoms with van der Waals surface area (Å²) in [4.78, 5) is 32.4. The van der Waals surface area contributed by atoms with E-state index in [1.165, 1.54) is 0 Å². The molecule has 0 fully saturated rings. The number of aliphatic carboxylic acids is 1. The SMILES string of the molecule is CC[C@]1(N)C[C@H](c2ncc(OCCCCC(=O)O)c(Cc3cc(C(F)(F)F)cc(C(F)(F)F)c3)n2)c2cc(C(F)(F)F)ccc2N1C(=O)O. The van der Waals surface area contributed by atoms with Crippen LogP contribution in [0.2, 0.25) is 0 Å². The van der Waals surface area contributed by atoms with Crippen molar-refractivity contribution in [3.63, 3.8) is 0 Å². The van der Waals surface area contributed by atoms with Crippen LogP contribution in [-0.2, 0) is 29.7 Å². The Kier molecular flexibility index (Phi) is 10.4. The number of nitrogens with two attached hydrogens (primary N) is 1. The number of carbonyl (C=O) groups is 2. The summed E-state index contributed by atoms with van der Waals surface area (Å²) in [7, 11) is 0. The van der Waals surface area contributed by atoms with Crippen LogP contribution >= 0.6 is 0 Å². The Balaban J connectivity index is 1.87. The highest BCUT2D eigenvalue weighted by Crippen LogP contribution is 2.47. The van der Waals surface area contributed by atoms with Gasteiger partial charge in [-0.25, -0.2) is 14.8 Å². The largest absolute Gasteiger partial charge is 0.490 e. The van der Waals surface area contributed by atoms with Crippen LogP contribution in [-0.4, -0.2) is 44.5 Å². The van der Waals surface area contributed by atoms with Crippen molar-refractivity contribution in [3.05, 3.63) is 81.9 Å². The molecular formula is C31H29F9N4O5. The number of carboxylic acid groups (broad SMARTS) is 2. The summed E-state index contributed by atoms with van der Waals surface area (Å²) in [6, 6.07) is 3.26. The molecule has 0 aliphatic carbocycles. The number of fused-ring (bicyclic) bond motifs is 1. The highest BCUT2D eigenvalue weighted by atomic mass is 19.4. The number of carboxylic acids is 1. The minimum absolute atomic E-state index is 0.0227. The second kappa shape index (κ2) is 13.7. The van der Waals surface area contributed by atoms with Crippen molar-refractivity contribution >= 4 is 17.7 Å². The van der Waals surface area contributed by atoms with Crippen LogP contribution in [0.15, 0.2) is 42.6 Å². The van der Waals surface area contributed by atoms with Crippen LogP contribution in [0, 0.1) is 0 Å². The van der Waals surface area contributed by atoms with Gasteiger partial charge in [0.1, 0.15) is 11.5 Å². The fourth-order valence-corrected chi connectivity index (χ4v) is 5.55. The Morgan fingerprint density at radius 2 is 1.55 bits per heavy atom. The number of nitrogens with zero attached hydrogens (tertiary/aromatic N) is 3. The number of benzene rings is 2. The van der Waals surface area contributed by atoms with Gasteiger partial charge in [-0.15, -0.1) is 0 Å². The Bertz CT molecular complexity index is 1680. The highest BCUT2D eigenvalue weighted by Gasteiger charge is 2.47. The van der Waals surface area contributed by atoms with Gasteiger partial charge in [-0.2, -0.15) is 39.5 Å². The van der Waals surface area contributed by atoms with Crippen molar-refractivity contribution in [2.75, 3.05) is 11.5 Å². The second-order valence-electron chi connectivity index (χ2n) is 11.4. The summed E-state index contributed by atoms with van der Waals surface area (Å²) in [5.74, 6) is -2.73. The van der Waals surface area contributed by atoms with E-state index in [0.29, 0.717) is 24.3 Å². The van der Waals surface area contributed by atoms with Crippen molar-refractivity contribution in [2.45, 2.75) is 75.6 Å². The van der Waals surface area contributed by atoms with Crippen molar-refractivity contribution in [3.8, 4) is 5.75 Å². The fraction of sp³-hybridized carbons (Fsp3) is 0.419. The van der Waals surface area contributed by atoms with Crippen LogP contribution < -0.4 is 15.4 Å². The Hall–Kier alpha value is -4.61. The molecule has 9 nitrogen and oxygen atoms in total. The van der Waals surface area contributed by atoms with Gasteiger partial charge >= 0.3 is 30.6 Å². The molecule has 0 radical (unpaired) electrons. The third-order valence-electron chi connectivity index (χ3n) is 8.00. The summed E-state index contributed by atoms with van der Waals surface area (Å²) in [5, 5.41) is 18.8. The first-order valence-corrected chi connectivity index (χ1v) is 14.7. The third kappa shape index (κ3) is 8.52. The molecule has 1 aliphatic rings. The maximum absolute atomic E-state index is 13.8. The number of hydrogen-bond acceptors (Lipinski definition) is 6. The minimum atomic E-state index is -5.15. The first kappa shape index (κ1) is 37.2. The van der Waals surface area contributed by atoms with Gasteiger partial charge in [-0.05, 0) is 73.2 Å². The summed E-state index contributed by atoms with van der Waals surface area (Å²) < 4.78 is 129. The number of ether oxygens (including phenoxy) is 1. The lowest BCUT2D eigenvalue weighted by Gasteiger charge is -2.46. The van der Waals surface area contributed by atoms with E-state index in [4.69, 9.17) is 15.6 Å². The molecular weight excluding hydrogens is 679 g/mol. The molecule has 0 saturated heterocycles. The topological polar surface area (TPSA) is 139 Å². The van der Waals surface area contributed by atoms with E-state index in [1.54, 1.807) is 6.92 Å². The Labute approximate surface area is 272 Å². The zero-order chi connectivity index (χ0) is 36.5. The first-order chi connectivity index (χ1) is 22.6. The normalized spacial score (nSPS) is 18.3. The fourth-order valence-electron chi connectivity index (χ4n) is 5.55. The number of alkyl halides is 9. The summed E-state index contributed by atoms with van der Waals surface area (Å²) in [5.41, 5.74) is -0.610. The lowest BCUT2D eigenvalue weighted by molar-refractivity contribution is -0.143. The standard InChI is InChI=1S/C31H29F9N4O5/c1-2-28(41)14-21(20-13-17(29(32,33)34)6-7-23(20)44(28)27(47)48)26-42-15-24(49-8-4-3-5-25(45)46)22(43-26)11-16-9-18(30(35,36)37)12-19(10-16)31(38,39)40/h6-7,9-10,12-13,15,21H,2-5,8,11,14,41H2,1H3,(H,45,46)(H,47,48)/t21-,28+/m0/s1. The van der Waals surface area contributed by atoms with E-state index < -0.39 is 70.8 Å². The molecule has 0 spiro atoms. The Morgan fingerprint density at radius 3 is 2.08 bits per heavy atom. The van der Waals surface area contributed by atoms with E-state index in [0.717, 1.165) is 17.2 Å². The van der Waals surface area contributed by atoms with Crippen molar-refractivity contribution in [1.29, 1.82) is 0 Å². The van der Waals surface area contributed by atoms with Gasteiger partial charge in [0.2, 0.25) is 0 Å². The lowest BCUT2D eigenvalue weighted by Crippen LogP contribution is -2.61. The van der Waals surface area contributed by atoms with Crippen LogP contribution in [0.25, 0.3) is 0 Å². The quantitative estimate of drug-likeness (QED) is 0.143. The summed E-state index contributed by atoms with van der Waals surface area (Å²) in [6.45, 7) is 1.40. The number of rotatable bonds is 10. The molecule has 49 heavy (non-hydrogen) atoms. The maximum Gasteiger partial charge on any atom is 0.416 e. The molecule has 0 unspecified atom stereocenters. The predicted molar refractivity (Wildman–Crippen MR) is 154 cm³/mol. The third-order valence-corrected chi connectivity index (χ3v) is 8.00. The van der Waals surface area contributed by atoms with E-state index in [2.05, 4.69) is 9.97 Å². The maximum atomic E-state index is 13.8. The molecule has 0 saturated carbocycles. The van der Waals surface area contributed by atoms with Crippen LogP contribution in [0.1, 0.15) is 84.3 Å². The van der Waals surface area contributed by atoms with E-state index in [-0.39, 0.29) is 73.3 Å². The van der Waals surface area contributed by atoms with Crippen molar-refractivity contribution in [1.82, 2.24) is 9.97 Å². The van der Waals surface area contributed by atoms with Crippen LogP contribution in [0.4, 0.5) is 50.0 Å². The number of hydrogen-bond donors (Lipinski definition) is 3. The molecule has 4 N–H and O–H groups in total. The molecule has 1 aliphatic heterocycles. The average Bonchev–Trinajstić information content (AvgIpc) is 2.99. The number of anilines is 1. The molecule has 18 heteroatoms. The Morgan fingerprint density at radius 1 is 0.939 bits per heavy atom. The zero-order valence-corrected chi connectivity index (χ0v) is 25.5. The average molecular weight is 709 g/mol. The predicted octanol–water partition coefficient (Wildman–Crippen LogP) is 7.84. The molecule has 3 aromatic rings. The molecule has 266 valence electrons. The second-order valence-corrected chi connectivity index (χ2v) is 11.4. The van der Waals surface area contributed by atoms with Gasteiger partial charge in [-0.1, -0.05) is 6.92 Å². The smallest absolute Gasteiger partial charge is 0.416 e. The van der Waals surface area contributed by atoms with Crippen molar-refractivity contribution < 1.29 is 64.1 Å². The monoisotopic (exact) mass is 708 g/mol. The number of halogens is 9. The number of aromatic nitrogens is 2. The van der Waals surface area contributed by atoms with Crippen LogP contribution in [0.5, 0.6) is 5.75 Å². The zero-order valence-electron chi connectivity index (χ0n) is 25.5. The molecule has 1 aromatic heterocycles.